The van der Waals surface area contributed by atoms with E-state index in [0.717, 1.165) is 54.8 Å². The maximum absolute atomic E-state index is 11.1. The SMILES string of the molecule is Cc1cccc2cc(C3(O)CCN4CCC3C4)oc12. The van der Waals surface area contributed by atoms with E-state index in [0.29, 0.717) is 5.92 Å². The lowest BCUT2D eigenvalue weighted by molar-refractivity contribution is -0.0653. The highest BCUT2D eigenvalue weighted by molar-refractivity contribution is 5.81. The summed E-state index contributed by atoms with van der Waals surface area (Å²) in [5.74, 6) is 1.09. The van der Waals surface area contributed by atoms with E-state index in [2.05, 4.69) is 24.0 Å². The Morgan fingerprint density at radius 3 is 3.11 bits per heavy atom. The van der Waals surface area contributed by atoms with Gasteiger partial charge >= 0.3 is 0 Å². The second-order valence-corrected chi connectivity index (χ2v) is 6.06. The Bertz CT molecular complexity index is 633. The van der Waals surface area contributed by atoms with Crippen molar-refractivity contribution in [1.29, 1.82) is 0 Å². The third kappa shape index (κ3) is 1.58. The van der Waals surface area contributed by atoms with Gasteiger partial charge in [0.05, 0.1) is 0 Å². The van der Waals surface area contributed by atoms with Crippen LogP contribution in [0.1, 0.15) is 24.2 Å². The first kappa shape index (κ1) is 11.5. The van der Waals surface area contributed by atoms with Crippen LogP contribution in [-0.4, -0.2) is 29.6 Å². The Morgan fingerprint density at radius 2 is 2.26 bits per heavy atom. The average Bonchev–Trinajstić information content (AvgIpc) is 3.01. The van der Waals surface area contributed by atoms with Crippen molar-refractivity contribution in [3.8, 4) is 0 Å². The lowest BCUT2D eigenvalue weighted by Crippen LogP contribution is -2.43. The molecule has 3 nitrogen and oxygen atoms in total. The smallest absolute Gasteiger partial charge is 0.137 e. The fraction of sp³-hybridized carbons (Fsp3) is 0.500. The van der Waals surface area contributed by atoms with Crippen LogP contribution in [0.5, 0.6) is 0 Å². The van der Waals surface area contributed by atoms with Crippen LogP contribution in [0.2, 0.25) is 0 Å². The van der Waals surface area contributed by atoms with E-state index in [1.807, 2.05) is 12.1 Å². The molecule has 3 heterocycles. The molecular weight excluding hydrogens is 238 g/mol. The molecule has 19 heavy (non-hydrogen) atoms. The first-order valence-corrected chi connectivity index (χ1v) is 7.11. The van der Waals surface area contributed by atoms with Crippen LogP contribution in [0.4, 0.5) is 0 Å². The molecule has 0 aliphatic carbocycles. The van der Waals surface area contributed by atoms with Gasteiger partial charge in [-0.3, -0.25) is 0 Å². The van der Waals surface area contributed by atoms with Crippen molar-refractivity contribution in [2.75, 3.05) is 19.6 Å². The van der Waals surface area contributed by atoms with E-state index in [1.165, 1.54) is 0 Å². The summed E-state index contributed by atoms with van der Waals surface area (Å²) in [6.45, 7) is 5.15. The molecule has 2 saturated heterocycles. The summed E-state index contributed by atoms with van der Waals surface area (Å²) < 4.78 is 6.02. The molecule has 2 aliphatic rings. The first-order chi connectivity index (χ1) is 9.17. The molecule has 0 spiro atoms. The number of nitrogens with zero attached hydrogens (tertiary/aromatic N) is 1. The van der Waals surface area contributed by atoms with E-state index < -0.39 is 5.60 Å². The van der Waals surface area contributed by atoms with Crippen LogP contribution in [0.25, 0.3) is 11.0 Å². The van der Waals surface area contributed by atoms with Crippen LogP contribution >= 0.6 is 0 Å². The lowest BCUT2D eigenvalue weighted by atomic mass is 9.80. The van der Waals surface area contributed by atoms with Gasteiger partial charge in [-0.2, -0.15) is 0 Å². The van der Waals surface area contributed by atoms with Crippen molar-refractivity contribution in [2.45, 2.75) is 25.4 Å². The zero-order valence-corrected chi connectivity index (χ0v) is 11.2. The molecule has 2 fully saturated rings. The van der Waals surface area contributed by atoms with Crippen LogP contribution in [0.3, 0.4) is 0 Å². The molecule has 0 radical (unpaired) electrons. The van der Waals surface area contributed by atoms with Gasteiger partial charge in [0.1, 0.15) is 16.9 Å². The predicted molar refractivity (Wildman–Crippen MR) is 74.0 cm³/mol. The Morgan fingerprint density at radius 1 is 1.37 bits per heavy atom. The Labute approximate surface area is 112 Å². The van der Waals surface area contributed by atoms with Gasteiger partial charge < -0.3 is 14.4 Å². The van der Waals surface area contributed by atoms with Crippen molar-refractivity contribution in [3.05, 3.63) is 35.6 Å². The summed E-state index contributed by atoms with van der Waals surface area (Å²) >= 11 is 0. The maximum Gasteiger partial charge on any atom is 0.137 e. The third-order valence-corrected chi connectivity index (χ3v) is 4.92. The highest BCUT2D eigenvalue weighted by Gasteiger charge is 2.48. The van der Waals surface area contributed by atoms with Gasteiger partial charge in [-0.1, -0.05) is 18.2 Å². The van der Waals surface area contributed by atoms with Crippen molar-refractivity contribution in [3.63, 3.8) is 0 Å². The van der Waals surface area contributed by atoms with Crippen LogP contribution in [0, 0.1) is 12.8 Å². The zero-order valence-electron chi connectivity index (χ0n) is 11.2. The minimum atomic E-state index is -0.765. The lowest BCUT2D eigenvalue weighted by Gasteiger charge is -2.37. The van der Waals surface area contributed by atoms with Crippen LogP contribution in [0.15, 0.2) is 28.7 Å². The summed E-state index contributed by atoms with van der Waals surface area (Å²) in [6.07, 6.45) is 1.86. The molecule has 2 bridgehead atoms. The standard InChI is InChI=1S/C16H19NO2/c1-11-3-2-4-12-9-14(19-15(11)12)16(18)6-8-17-7-5-13(16)10-17/h2-4,9,13,18H,5-8,10H2,1H3. The fourth-order valence-corrected chi connectivity index (χ4v) is 3.70. The van der Waals surface area contributed by atoms with E-state index >= 15 is 0 Å². The van der Waals surface area contributed by atoms with E-state index in [1.54, 1.807) is 0 Å². The van der Waals surface area contributed by atoms with Gasteiger partial charge in [0.2, 0.25) is 0 Å². The molecule has 2 aromatic rings. The van der Waals surface area contributed by atoms with Gasteiger partial charge in [-0.05, 0) is 37.9 Å². The molecule has 1 aromatic carbocycles. The highest BCUT2D eigenvalue weighted by atomic mass is 16.4. The van der Waals surface area contributed by atoms with E-state index in [9.17, 15) is 5.11 Å². The van der Waals surface area contributed by atoms with Crippen molar-refractivity contribution in [2.24, 2.45) is 5.92 Å². The van der Waals surface area contributed by atoms with Gasteiger partial charge in [0, 0.05) is 24.4 Å². The number of aliphatic hydroxyl groups is 1. The molecule has 100 valence electrons. The Balaban J connectivity index is 1.83. The minimum absolute atomic E-state index is 0.321. The monoisotopic (exact) mass is 257 g/mol. The fourth-order valence-electron chi connectivity index (χ4n) is 3.70. The molecule has 3 atom stereocenters. The van der Waals surface area contributed by atoms with E-state index in [-0.39, 0.29) is 0 Å². The topological polar surface area (TPSA) is 36.6 Å². The first-order valence-electron chi connectivity index (χ1n) is 7.11. The molecule has 4 rings (SSSR count). The van der Waals surface area contributed by atoms with Crippen LogP contribution < -0.4 is 0 Å². The van der Waals surface area contributed by atoms with Crippen LogP contribution in [-0.2, 0) is 5.60 Å². The summed E-state index contributed by atoms with van der Waals surface area (Å²) in [5.41, 5.74) is 1.29. The molecule has 1 N–H and O–H groups in total. The number of rotatable bonds is 1. The molecule has 3 heteroatoms. The highest BCUT2D eigenvalue weighted by Crippen LogP contribution is 2.44. The molecule has 3 unspecified atom stereocenters. The van der Waals surface area contributed by atoms with Crippen molar-refractivity contribution >= 4 is 11.0 Å². The van der Waals surface area contributed by atoms with Crippen molar-refractivity contribution in [1.82, 2.24) is 4.90 Å². The Kier molecular flexibility index (Phi) is 2.32. The number of fused-ring (bicyclic) bond motifs is 3. The molecule has 2 aliphatic heterocycles. The predicted octanol–water partition coefficient (Wildman–Crippen LogP) is 2.65. The third-order valence-electron chi connectivity index (χ3n) is 4.92. The van der Waals surface area contributed by atoms with Crippen molar-refractivity contribution < 1.29 is 9.52 Å². The number of furan rings is 1. The summed E-state index contributed by atoms with van der Waals surface area (Å²) in [6, 6.07) is 8.19. The number of para-hydroxylation sites is 1. The summed E-state index contributed by atoms with van der Waals surface area (Å²) in [7, 11) is 0. The number of aryl methyl sites for hydroxylation is 1. The minimum Gasteiger partial charge on any atom is -0.458 e. The average molecular weight is 257 g/mol. The zero-order chi connectivity index (χ0) is 13.0. The summed E-state index contributed by atoms with van der Waals surface area (Å²) in [4.78, 5) is 2.44. The number of benzene rings is 1. The maximum atomic E-state index is 11.1. The van der Waals surface area contributed by atoms with Gasteiger partial charge in [-0.25, -0.2) is 0 Å². The Hall–Kier alpha value is -1.32. The number of hydrogen-bond donors (Lipinski definition) is 1. The molecule has 1 aromatic heterocycles. The number of hydrogen-bond acceptors (Lipinski definition) is 3. The quantitative estimate of drug-likeness (QED) is 0.853. The summed E-state index contributed by atoms with van der Waals surface area (Å²) in [5, 5.41) is 12.2. The molecule has 0 amide bonds. The second-order valence-electron chi connectivity index (χ2n) is 6.06. The molecular formula is C16H19NO2. The molecule has 0 saturated carbocycles. The van der Waals surface area contributed by atoms with Gasteiger partial charge in [0.25, 0.3) is 0 Å². The van der Waals surface area contributed by atoms with Gasteiger partial charge in [0.15, 0.2) is 0 Å². The largest absolute Gasteiger partial charge is 0.458 e. The second kappa shape index (κ2) is 3.84. The normalized spacial score (nSPS) is 34.0. The van der Waals surface area contributed by atoms with E-state index in [4.69, 9.17) is 4.42 Å². The number of piperidine rings is 1. The van der Waals surface area contributed by atoms with Gasteiger partial charge in [-0.15, -0.1) is 0 Å².